The van der Waals surface area contributed by atoms with Gasteiger partial charge in [0, 0.05) is 0 Å². The van der Waals surface area contributed by atoms with Crippen LogP contribution < -0.4 is 0 Å². The van der Waals surface area contributed by atoms with Crippen molar-refractivity contribution in [2.45, 2.75) is 39.5 Å². The Hall–Kier alpha value is -0.544. The van der Waals surface area contributed by atoms with Crippen molar-refractivity contribution in [2.75, 3.05) is 0 Å². The number of carbonyl (C=O) groups is 1. The predicted octanol–water partition coefficient (Wildman–Crippen LogP) is 2.72. The van der Waals surface area contributed by atoms with E-state index in [1.165, 1.54) is 5.56 Å². The van der Waals surface area contributed by atoms with Crippen molar-refractivity contribution in [3.8, 4) is 0 Å². The van der Waals surface area contributed by atoms with E-state index >= 15 is 0 Å². The second-order valence-electron chi connectivity index (χ2n) is 4.46. The van der Waals surface area contributed by atoms with Crippen LogP contribution in [0.3, 0.4) is 0 Å². The average Bonchev–Trinajstić information content (AvgIpc) is 2.16. The average molecular weight is 233 g/mol. The summed E-state index contributed by atoms with van der Waals surface area (Å²) in [4.78, 5) is 11.0. The molecule has 0 unspecified atom stereocenters. The molecular weight excluding hydrogens is 212 g/mol. The van der Waals surface area contributed by atoms with E-state index in [-0.39, 0.29) is 29.0 Å². The van der Waals surface area contributed by atoms with E-state index in [0.717, 1.165) is 5.56 Å². The van der Waals surface area contributed by atoms with E-state index < -0.39 is 5.97 Å². The molecule has 2 nitrogen and oxygen atoms in total. The minimum atomic E-state index is -0.839. The molecule has 0 aliphatic rings. The highest BCUT2D eigenvalue weighted by molar-refractivity contribution is 5.89. The molecule has 0 saturated carbocycles. The monoisotopic (exact) mass is 232 g/mol. The van der Waals surface area contributed by atoms with Gasteiger partial charge < -0.3 is 5.11 Å². The quantitative estimate of drug-likeness (QED) is 0.814. The lowest BCUT2D eigenvalue weighted by molar-refractivity contribution is 0.0695. The summed E-state index contributed by atoms with van der Waals surface area (Å²) >= 11 is 0. The van der Waals surface area contributed by atoms with E-state index in [0.29, 0.717) is 11.5 Å². The van der Waals surface area contributed by atoms with Crippen LogP contribution in [0, 0.1) is 0 Å². The molecule has 1 aromatic carbocycles. The van der Waals surface area contributed by atoms with Crippen LogP contribution in [0.2, 0.25) is 0 Å². The zero-order valence-corrected chi connectivity index (χ0v) is 9.74. The second kappa shape index (κ2) is 6.26. The molecule has 0 bridgehead atoms. The van der Waals surface area contributed by atoms with Crippen molar-refractivity contribution in [3.05, 3.63) is 34.9 Å². The van der Waals surface area contributed by atoms with Gasteiger partial charge in [0.2, 0.25) is 0 Å². The molecular formula is C13H20MgO2. The van der Waals surface area contributed by atoms with Gasteiger partial charge in [-0.1, -0.05) is 39.8 Å². The minimum absolute atomic E-state index is 0. The van der Waals surface area contributed by atoms with Gasteiger partial charge >= 0.3 is 29.0 Å². The molecule has 0 spiro atoms. The SMILES string of the molecule is CC(C)c1ccc(C(=O)O)c(C(C)C)c1.[MgH2]. The van der Waals surface area contributed by atoms with Crippen molar-refractivity contribution in [3.63, 3.8) is 0 Å². The van der Waals surface area contributed by atoms with Crippen LogP contribution in [0.15, 0.2) is 18.2 Å². The smallest absolute Gasteiger partial charge is 0.335 e. The maximum Gasteiger partial charge on any atom is 0.335 e. The highest BCUT2D eigenvalue weighted by atomic mass is 24.3. The lowest BCUT2D eigenvalue weighted by Crippen LogP contribution is -2.05. The molecule has 0 fully saturated rings. The van der Waals surface area contributed by atoms with Crippen molar-refractivity contribution >= 4 is 29.0 Å². The molecule has 0 aliphatic heterocycles. The maximum atomic E-state index is 11.0. The van der Waals surface area contributed by atoms with Gasteiger partial charge in [-0.2, -0.15) is 0 Å². The molecule has 86 valence electrons. The fourth-order valence-electron chi connectivity index (χ4n) is 1.61. The fourth-order valence-corrected chi connectivity index (χ4v) is 1.61. The van der Waals surface area contributed by atoms with Crippen LogP contribution in [-0.2, 0) is 0 Å². The fraction of sp³-hybridized carbons (Fsp3) is 0.462. The molecule has 1 rings (SSSR count). The summed E-state index contributed by atoms with van der Waals surface area (Å²) in [5.41, 5.74) is 2.55. The number of aromatic carboxylic acids is 1. The highest BCUT2D eigenvalue weighted by Gasteiger charge is 2.14. The molecule has 16 heavy (non-hydrogen) atoms. The molecule has 0 heterocycles. The number of carboxylic acid groups (broad SMARTS) is 1. The third kappa shape index (κ3) is 3.49. The van der Waals surface area contributed by atoms with Crippen LogP contribution in [-0.4, -0.2) is 34.1 Å². The van der Waals surface area contributed by atoms with Gasteiger partial charge in [0.25, 0.3) is 0 Å². The van der Waals surface area contributed by atoms with E-state index in [1.54, 1.807) is 6.07 Å². The molecule has 0 radical (unpaired) electrons. The Balaban J connectivity index is 0.00000225. The molecule has 1 N–H and O–H groups in total. The lowest BCUT2D eigenvalue weighted by atomic mass is 9.91. The van der Waals surface area contributed by atoms with Crippen LogP contribution in [0.25, 0.3) is 0 Å². The van der Waals surface area contributed by atoms with Crippen LogP contribution in [0.1, 0.15) is 61.0 Å². The summed E-state index contributed by atoms with van der Waals surface area (Å²) < 4.78 is 0. The summed E-state index contributed by atoms with van der Waals surface area (Å²) in [5, 5.41) is 9.04. The van der Waals surface area contributed by atoms with E-state index in [9.17, 15) is 4.79 Å². The van der Waals surface area contributed by atoms with Crippen LogP contribution in [0.5, 0.6) is 0 Å². The summed E-state index contributed by atoms with van der Waals surface area (Å²) in [5.74, 6) is -0.158. The van der Waals surface area contributed by atoms with E-state index in [1.807, 2.05) is 26.0 Å². The Kier molecular flexibility index (Phi) is 6.04. The first kappa shape index (κ1) is 15.5. The first-order valence-electron chi connectivity index (χ1n) is 5.30. The largest absolute Gasteiger partial charge is 0.478 e. The standard InChI is InChI=1S/C13H18O2.Mg.2H/c1-8(2)10-5-6-11(13(14)15)12(7-10)9(3)4;;;/h5-9H,1-4H3,(H,14,15);;;. The summed E-state index contributed by atoms with van der Waals surface area (Å²) in [6.07, 6.45) is 0. The zero-order chi connectivity index (χ0) is 11.6. The number of carboxylic acids is 1. The molecule has 3 heteroatoms. The highest BCUT2D eigenvalue weighted by Crippen LogP contribution is 2.24. The Morgan fingerprint density at radius 3 is 2.06 bits per heavy atom. The first-order chi connectivity index (χ1) is 6.93. The maximum absolute atomic E-state index is 11.0. The molecule has 0 saturated heterocycles. The van der Waals surface area contributed by atoms with Gasteiger partial charge in [-0.05, 0) is 29.0 Å². The van der Waals surface area contributed by atoms with Gasteiger partial charge in [-0.15, -0.1) is 0 Å². The normalized spacial score (nSPS) is 10.4. The van der Waals surface area contributed by atoms with E-state index in [4.69, 9.17) is 5.11 Å². The Morgan fingerprint density at radius 1 is 1.12 bits per heavy atom. The van der Waals surface area contributed by atoms with Gasteiger partial charge in [0.1, 0.15) is 0 Å². The van der Waals surface area contributed by atoms with Crippen molar-refractivity contribution < 1.29 is 9.90 Å². The Labute approximate surface area is 113 Å². The topological polar surface area (TPSA) is 37.3 Å². The second-order valence-corrected chi connectivity index (χ2v) is 4.46. The number of hydrogen-bond acceptors (Lipinski definition) is 1. The zero-order valence-electron chi connectivity index (χ0n) is 9.74. The van der Waals surface area contributed by atoms with Gasteiger partial charge in [-0.3, -0.25) is 0 Å². The Morgan fingerprint density at radius 2 is 1.69 bits per heavy atom. The molecule has 0 atom stereocenters. The van der Waals surface area contributed by atoms with Crippen LogP contribution >= 0.6 is 0 Å². The number of hydrogen-bond donors (Lipinski definition) is 1. The number of benzene rings is 1. The van der Waals surface area contributed by atoms with Gasteiger partial charge in [-0.25, -0.2) is 4.79 Å². The third-order valence-electron chi connectivity index (χ3n) is 2.59. The van der Waals surface area contributed by atoms with Crippen molar-refractivity contribution in [1.29, 1.82) is 0 Å². The summed E-state index contributed by atoms with van der Waals surface area (Å²) in [6.45, 7) is 8.26. The summed E-state index contributed by atoms with van der Waals surface area (Å²) in [7, 11) is 0. The molecule has 0 aromatic heterocycles. The molecule has 0 amide bonds. The van der Waals surface area contributed by atoms with Crippen LogP contribution in [0.4, 0.5) is 0 Å². The Bertz CT molecular complexity index is 370. The van der Waals surface area contributed by atoms with Crippen molar-refractivity contribution in [1.82, 2.24) is 0 Å². The van der Waals surface area contributed by atoms with Gasteiger partial charge in [0.15, 0.2) is 0 Å². The molecule has 1 aromatic rings. The predicted molar refractivity (Wildman–Crippen MR) is 70.1 cm³/mol. The summed E-state index contributed by atoms with van der Waals surface area (Å²) in [6, 6.07) is 5.63. The first-order valence-corrected chi connectivity index (χ1v) is 5.30. The van der Waals surface area contributed by atoms with E-state index in [2.05, 4.69) is 13.8 Å². The lowest BCUT2D eigenvalue weighted by Gasteiger charge is -2.13. The number of rotatable bonds is 3. The van der Waals surface area contributed by atoms with Gasteiger partial charge in [0.05, 0.1) is 5.56 Å². The molecule has 0 aliphatic carbocycles. The third-order valence-corrected chi connectivity index (χ3v) is 2.59. The van der Waals surface area contributed by atoms with Crippen molar-refractivity contribution in [2.24, 2.45) is 0 Å². The minimum Gasteiger partial charge on any atom is -0.478 e.